The fourth-order valence-corrected chi connectivity index (χ4v) is 3.68. The number of anilines is 3. The molecule has 3 heterocycles. The standard InChI is InChI=1S/C21H22N6O3/c1-2-18(28)24-16-5-3-6-17(11-16)27-20-15(12-22-14-23-20)13-26(21(27)30)10-9-25-8-4-7-19(25)29/h2-3,5-6,11-12,14H,1,4,7-10,13H2,(H,24,28). The van der Waals surface area contributed by atoms with E-state index in [1.54, 1.807) is 40.3 Å². The molecule has 0 unspecified atom stereocenters. The maximum Gasteiger partial charge on any atom is 0.330 e. The summed E-state index contributed by atoms with van der Waals surface area (Å²) in [5.41, 5.74) is 1.93. The zero-order valence-corrected chi connectivity index (χ0v) is 16.5. The molecular weight excluding hydrogens is 384 g/mol. The zero-order chi connectivity index (χ0) is 21.1. The lowest BCUT2D eigenvalue weighted by molar-refractivity contribution is -0.127. The van der Waals surface area contributed by atoms with Gasteiger partial charge in [0.1, 0.15) is 12.1 Å². The molecule has 1 aromatic heterocycles. The Morgan fingerprint density at radius 3 is 2.83 bits per heavy atom. The molecule has 1 aromatic carbocycles. The van der Waals surface area contributed by atoms with Crippen molar-refractivity contribution in [3.63, 3.8) is 0 Å². The lowest BCUT2D eigenvalue weighted by Crippen LogP contribution is -2.48. The molecule has 2 aliphatic heterocycles. The van der Waals surface area contributed by atoms with Crippen molar-refractivity contribution in [3.05, 3.63) is 55.0 Å². The molecule has 9 heteroatoms. The molecule has 4 amide bonds. The first kappa shape index (κ1) is 19.6. The van der Waals surface area contributed by atoms with Crippen LogP contribution >= 0.6 is 0 Å². The fraction of sp³-hybridized carbons (Fsp3) is 0.286. The van der Waals surface area contributed by atoms with Gasteiger partial charge in [0.15, 0.2) is 0 Å². The number of carbonyl (C=O) groups is 3. The number of amides is 4. The Balaban J connectivity index is 1.61. The summed E-state index contributed by atoms with van der Waals surface area (Å²) in [7, 11) is 0. The highest BCUT2D eigenvalue weighted by Gasteiger charge is 2.33. The molecule has 1 N–H and O–H groups in total. The molecule has 30 heavy (non-hydrogen) atoms. The smallest absolute Gasteiger partial charge is 0.330 e. The number of fused-ring (bicyclic) bond motifs is 1. The van der Waals surface area contributed by atoms with Crippen LogP contribution in [0.25, 0.3) is 0 Å². The summed E-state index contributed by atoms with van der Waals surface area (Å²) >= 11 is 0. The van der Waals surface area contributed by atoms with Crippen LogP contribution in [0.1, 0.15) is 18.4 Å². The molecule has 9 nitrogen and oxygen atoms in total. The molecule has 0 radical (unpaired) electrons. The van der Waals surface area contributed by atoms with Crippen molar-refractivity contribution in [2.75, 3.05) is 29.9 Å². The normalized spacial score (nSPS) is 15.9. The number of likely N-dealkylation sites (tertiary alicyclic amines) is 1. The van der Waals surface area contributed by atoms with Crippen molar-refractivity contribution in [1.82, 2.24) is 19.8 Å². The predicted octanol–water partition coefficient (Wildman–Crippen LogP) is 2.30. The Morgan fingerprint density at radius 1 is 1.23 bits per heavy atom. The first-order chi connectivity index (χ1) is 14.6. The second kappa shape index (κ2) is 8.32. The van der Waals surface area contributed by atoms with Crippen LogP contribution in [0.2, 0.25) is 0 Å². The van der Waals surface area contributed by atoms with Gasteiger partial charge in [0.05, 0.1) is 12.2 Å². The number of urea groups is 1. The van der Waals surface area contributed by atoms with Crippen LogP contribution in [0.3, 0.4) is 0 Å². The number of nitrogens with one attached hydrogen (secondary N) is 1. The van der Waals surface area contributed by atoms with Gasteiger partial charge < -0.3 is 15.1 Å². The van der Waals surface area contributed by atoms with Crippen molar-refractivity contribution in [2.45, 2.75) is 19.4 Å². The third kappa shape index (κ3) is 3.86. The summed E-state index contributed by atoms with van der Waals surface area (Å²) < 4.78 is 0. The Bertz CT molecular complexity index is 1010. The second-order valence-electron chi connectivity index (χ2n) is 7.14. The minimum Gasteiger partial charge on any atom is -0.341 e. The predicted molar refractivity (Wildman–Crippen MR) is 111 cm³/mol. The van der Waals surface area contributed by atoms with Gasteiger partial charge >= 0.3 is 6.03 Å². The molecule has 4 rings (SSSR count). The van der Waals surface area contributed by atoms with Crippen LogP contribution < -0.4 is 10.2 Å². The van der Waals surface area contributed by atoms with E-state index >= 15 is 0 Å². The SMILES string of the molecule is C=CC(=O)Nc1cccc(N2C(=O)N(CCN3CCCC3=O)Cc3cncnc32)c1. The van der Waals surface area contributed by atoms with Crippen molar-refractivity contribution in [2.24, 2.45) is 0 Å². The van der Waals surface area contributed by atoms with E-state index in [9.17, 15) is 14.4 Å². The molecule has 0 spiro atoms. The largest absolute Gasteiger partial charge is 0.341 e. The van der Waals surface area contributed by atoms with Gasteiger partial charge in [-0.1, -0.05) is 12.6 Å². The average Bonchev–Trinajstić information content (AvgIpc) is 3.17. The Morgan fingerprint density at radius 2 is 2.07 bits per heavy atom. The zero-order valence-electron chi connectivity index (χ0n) is 16.5. The van der Waals surface area contributed by atoms with E-state index < -0.39 is 0 Å². The van der Waals surface area contributed by atoms with E-state index in [2.05, 4.69) is 21.9 Å². The summed E-state index contributed by atoms with van der Waals surface area (Å²) in [6, 6.07) is 6.74. The van der Waals surface area contributed by atoms with Gasteiger partial charge in [-0.25, -0.2) is 19.7 Å². The quantitative estimate of drug-likeness (QED) is 0.742. The Labute approximate surface area is 174 Å². The molecule has 1 fully saturated rings. The number of nitrogens with zero attached hydrogens (tertiary/aromatic N) is 5. The maximum atomic E-state index is 13.3. The van der Waals surface area contributed by atoms with Gasteiger partial charge in [-0.3, -0.25) is 9.59 Å². The van der Waals surface area contributed by atoms with Crippen LogP contribution in [0, 0.1) is 0 Å². The summed E-state index contributed by atoms with van der Waals surface area (Å²) in [5, 5.41) is 2.70. The molecule has 0 saturated carbocycles. The van der Waals surface area contributed by atoms with Crippen molar-refractivity contribution < 1.29 is 14.4 Å². The van der Waals surface area contributed by atoms with E-state index in [0.717, 1.165) is 18.5 Å². The van der Waals surface area contributed by atoms with E-state index in [1.807, 2.05) is 0 Å². The highest BCUT2D eigenvalue weighted by atomic mass is 16.2. The number of hydrogen-bond donors (Lipinski definition) is 1. The van der Waals surface area contributed by atoms with E-state index in [0.29, 0.717) is 43.2 Å². The average molecular weight is 406 g/mol. The molecule has 0 aliphatic carbocycles. The molecule has 1 saturated heterocycles. The monoisotopic (exact) mass is 406 g/mol. The van der Waals surface area contributed by atoms with Crippen LogP contribution in [-0.4, -0.2) is 57.2 Å². The summed E-state index contributed by atoms with van der Waals surface area (Å²) in [4.78, 5) is 50.3. The molecule has 154 valence electrons. The first-order valence-electron chi connectivity index (χ1n) is 9.76. The summed E-state index contributed by atoms with van der Waals surface area (Å²) in [6.07, 6.45) is 5.71. The van der Waals surface area contributed by atoms with Gasteiger partial charge in [-0.2, -0.15) is 0 Å². The van der Waals surface area contributed by atoms with Crippen LogP contribution in [-0.2, 0) is 16.1 Å². The maximum absolute atomic E-state index is 13.3. The van der Waals surface area contributed by atoms with E-state index in [1.165, 1.54) is 17.3 Å². The Hall–Kier alpha value is -3.75. The van der Waals surface area contributed by atoms with Gasteiger partial charge in [-0.05, 0) is 30.7 Å². The van der Waals surface area contributed by atoms with Gasteiger partial charge in [0.2, 0.25) is 11.8 Å². The van der Waals surface area contributed by atoms with E-state index in [4.69, 9.17) is 0 Å². The van der Waals surface area contributed by atoms with Crippen molar-refractivity contribution in [3.8, 4) is 0 Å². The van der Waals surface area contributed by atoms with Crippen molar-refractivity contribution >= 4 is 35.0 Å². The highest BCUT2D eigenvalue weighted by Crippen LogP contribution is 2.33. The number of aromatic nitrogens is 2. The number of carbonyl (C=O) groups excluding carboxylic acids is 3. The van der Waals surface area contributed by atoms with Gasteiger partial charge in [0, 0.05) is 43.5 Å². The molecular formula is C21H22N6O3. The lowest BCUT2D eigenvalue weighted by Gasteiger charge is -2.36. The number of benzene rings is 1. The number of hydrogen-bond acceptors (Lipinski definition) is 5. The first-order valence-corrected chi connectivity index (χ1v) is 9.76. The van der Waals surface area contributed by atoms with Gasteiger partial charge in [0.25, 0.3) is 0 Å². The summed E-state index contributed by atoms with van der Waals surface area (Å²) in [5.74, 6) is 0.304. The third-order valence-electron chi connectivity index (χ3n) is 5.17. The van der Waals surface area contributed by atoms with Crippen LogP contribution in [0.4, 0.5) is 22.0 Å². The minimum absolute atomic E-state index is 0.130. The van der Waals surface area contributed by atoms with E-state index in [-0.39, 0.29) is 17.8 Å². The number of rotatable bonds is 6. The molecule has 0 bridgehead atoms. The van der Waals surface area contributed by atoms with Crippen LogP contribution in [0.5, 0.6) is 0 Å². The van der Waals surface area contributed by atoms with Crippen molar-refractivity contribution in [1.29, 1.82) is 0 Å². The molecule has 2 aromatic rings. The van der Waals surface area contributed by atoms with Gasteiger partial charge in [-0.15, -0.1) is 0 Å². The topological polar surface area (TPSA) is 98.7 Å². The van der Waals surface area contributed by atoms with Crippen LogP contribution in [0.15, 0.2) is 49.4 Å². The summed E-state index contributed by atoms with van der Waals surface area (Å²) in [6.45, 7) is 5.47. The minimum atomic E-state index is -0.336. The fourth-order valence-electron chi connectivity index (χ4n) is 3.68. The third-order valence-corrected chi connectivity index (χ3v) is 5.17. The second-order valence-corrected chi connectivity index (χ2v) is 7.14. The molecule has 2 aliphatic rings. The highest BCUT2D eigenvalue weighted by molar-refractivity contribution is 6.02. The Kier molecular flexibility index (Phi) is 5.42. The lowest BCUT2D eigenvalue weighted by atomic mass is 10.1. The molecule has 0 atom stereocenters.